The van der Waals surface area contributed by atoms with E-state index in [1.54, 1.807) is 4.90 Å². The Bertz CT molecular complexity index is 829. The summed E-state index contributed by atoms with van der Waals surface area (Å²) < 4.78 is 32.0. The van der Waals surface area contributed by atoms with Crippen molar-refractivity contribution in [3.8, 4) is 0 Å². The van der Waals surface area contributed by atoms with Crippen LogP contribution >= 0.6 is 0 Å². The molecule has 9 heteroatoms. The average Bonchev–Trinajstić information content (AvgIpc) is 3.23. The first-order chi connectivity index (χ1) is 12.6. The van der Waals surface area contributed by atoms with Crippen molar-refractivity contribution in [2.45, 2.75) is 57.1 Å². The lowest BCUT2D eigenvalue weighted by atomic mass is 9.85. The molecule has 1 amide bonds. The molecule has 8 nitrogen and oxygen atoms in total. The second-order valence-electron chi connectivity index (χ2n) is 8.04. The summed E-state index contributed by atoms with van der Waals surface area (Å²) in [5.74, 6) is -1.94. The van der Waals surface area contributed by atoms with Gasteiger partial charge in [-0.3, -0.25) is 4.79 Å². The molecule has 27 heavy (non-hydrogen) atoms. The Morgan fingerprint density at radius 2 is 1.89 bits per heavy atom. The molecular formula is C18H26N2O6S. The van der Waals surface area contributed by atoms with Crippen molar-refractivity contribution in [1.82, 2.24) is 9.21 Å². The molecular weight excluding hydrogens is 372 g/mol. The predicted molar refractivity (Wildman–Crippen MR) is 96.8 cm³/mol. The molecule has 1 atom stereocenters. The minimum Gasteiger partial charge on any atom is -0.475 e. The van der Waals surface area contributed by atoms with Crippen molar-refractivity contribution < 1.29 is 27.5 Å². The van der Waals surface area contributed by atoms with Crippen LogP contribution in [-0.4, -0.2) is 60.3 Å². The molecule has 2 fully saturated rings. The van der Waals surface area contributed by atoms with Gasteiger partial charge >= 0.3 is 5.97 Å². The van der Waals surface area contributed by atoms with Crippen LogP contribution < -0.4 is 0 Å². The van der Waals surface area contributed by atoms with E-state index in [1.165, 1.54) is 0 Å². The average molecular weight is 398 g/mol. The summed E-state index contributed by atoms with van der Waals surface area (Å²) in [4.78, 5) is 25.8. The Balaban J connectivity index is 1.79. The number of hydrogen-bond donors (Lipinski definition) is 1. The predicted octanol–water partition coefficient (Wildman–Crippen LogP) is 2.17. The molecule has 3 rings (SSSR count). The van der Waals surface area contributed by atoms with Crippen LogP contribution in [0.4, 0.5) is 0 Å². The van der Waals surface area contributed by atoms with Gasteiger partial charge in [0.25, 0.3) is 10.0 Å². The minimum atomic E-state index is -4.06. The molecule has 3 heterocycles. The highest BCUT2D eigenvalue weighted by Gasteiger charge is 2.43. The number of amides is 1. The molecule has 150 valence electrons. The zero-order chi connectivity index (χ0) is 19.8. The van der Waals surface area contributed by atoms with Crippen molar-refractivity contribution in [2.24, 2.45) is 5.41 Å². The Morgan fingerprint density at radius 1 is 1.15 bits per heavy atom. The van der Waals surface area contributed by atoms with Crippen LogP contribution in [0.25, 0.3) is 0 Å². The smallest absolute Gasteiger partial charge is 0.371 e. The van der Waals surface area contributed by atoms with E-state index in [1.807, 2.05) is 0 Å². The van der Waals surface area contributed by atoms with E-state index >= 15 is 0 Å². The van der Waals surface area contributed by atoms with E-state index in [9.17, 15) is 18.0 Å². The first kappa shape index (κ1) is 19.9. The third-order valence-electron chi connectivity index (χ3n) is 5.50. The summed E-state index contributed by atoms with van der Waals surface area (Å²) >= 11 is 0. The fourth-order valence-electron chi connectivity index (χ4n) is 3.82. The van der Waals surface area contributed by atoms with E-state index in [0.29, 0.717) is 25.9 Å². The second kappa shape index (κ2) is 7.27. The highest BCUT2D eigenvalue weighted by atomic mass is 32.2. The molecule has 1 N–H and O–H groups in total. The van der Waals surface area contributed by atoms with Crippen molar-refractivity contribution in [3.05, 3.63) is 17.9 Å². The number of sulfonamides is 1. The maximum Gasteiger partial charge on any atom is 0.371 e. The molecule has 0 aromatic carbocycles. The first-order valence-electron chi connectivity index (χ1n) is 9.26. The van der Waals surface area contributed by atoms with Gasteiger partial charge in [-0.1, -0.05) is 13.8 Å². The second-order valence-corrected chi connectivity index (χ2v) is 9.86. The number of carboxylic acid groups (broad SMARTS) is 1. The SMILES string of the molecule is CC1(C)CCCN(C(=O)C2CCCN2S(=O)(=O)c2ccc(C(=O)O)o2)CC1. The van der Waals surface area contributed by atoms with Crippen LogP contribution in [-0.2, 0) is 14.8 Å². The van der Waals surface area contributed by atoms with Gasteiger partial charge in [-0.25, -0.2) is 13.2 Å². The maximum atomic E-state index is 13.1. The van der Waals surface area contributed by atoms with Gasteiger partial charge in [0, 0.05) is 19.6 Å². The number of furan rings is 1. The van der Waals surface area contributed by atoms with Gasteiger partial charge in [-0.05, 0) is 49.7 Å². The molecule has 2 aliphatic heterocycles. The third-order valence-corrected chi connectivity index (χ3v) is 7.28. The minimum absolute atomic E-state index is 0.168. The molecule has 0 spiro atoms. The summed E-state index contributed by atoms with van der Waals surface area (Å²) in [5.41, 5.74) is 0.178. The quantitative estimate of drug-likeness (QED) is 0.833. The van der Waals surface area contributed by atoms with E-state index in [4.69, 9.17) is 9.52 Å². The number of nitrogens with zero attached hydrogens (tertiary/aromatic N) is 2. The molecule has 1 aromatic rings. The molecule has 1 aromatic heterocycles. The molecule has 2 saturated heterocycles. The number of aromatic carboxylic acids is 1. The van der Waals surface area contributed by atoms with E-state index in [-0.39, 0.29) is 17.9 Å². The Morgan fingerprint density at radius 3 is 2.56 bits per heavy atom. The molecule has 2 aliphatic rings. The summed E-state index contributed by atoms with van der Waals surface area (Å²) in [5, 5.41) is 8.51. The fourth-order valence-corrected chi connectivity index (χ4v) is 5.38. The van der Waals surface area contributed by atoms with Crippen molar-refractivity contribution in [1.29, 1.82) is 0 Å². The standard InChI is InChI=1S/C18H26N2O6S/c1-18(2)8-4-10-19(12-9-18)16(21)13-5-3-11-20(13)27(24,25)15-7-6-14(26-15)17(22)23/h6-7,13H,3-5,8-12H2,1-2H3,(H,22,23). The van der Waals surface area contributed by atoms with Gasteiger partial charge < -0.3 is 14.4 Å². The largest absolute Gasteiger partial charge is 0.475 e. The Hall–Kier alpha value is -1.87. The number of carbonyl (C=O) groups is 2. The normalized spacial score (nSPS) is 23.9. The van der Waals surface area contributed by atoms with Gasteiger partial charge in [-0.2, -0.15) is 4.31 Å². The van der Waals surface area contributed by atoms with Crippen LogP contribution in [0.3, 0.4) is 0 Å². The van der Waals surface area contributed by atoms with Crippen LogP contribution in [0.15, 0.2) is 21.6 Å². The lowest BCUT2D eigenvalue weighted by Crippen LogP contribution is -2.48. The van der Waals surface area contributed by atoms with Crippen LogP contribution in [0.2, 0.25) is 0 Å². The zero-order valence-corrected chi connectivity index (χ0v) is 16.5. The van der Waals surface area contributed by atoms with Crippen molar-refractivity contribution in [2.75, 3.05) is 19.6 Å². The topological polar surface area (TPSA) is 108 Å². The molecule has 0 bridgehead atoms. The van der Waals surface area contributed by atoms with Crippen LogP contribution in [0, 0.1) is 5.41 Å². The van der Waals surface area contributed by atoms with Gasteiger partial charge in [0.05, 0.1) is 0 Å². The highest BCUT2D eigenvalue weighted by Crippen LogP contribution is 2.32. The van der Waals surface area contributed by atoms with Crippen molar-refractivity contribution in [3.63, 3.8) is 0 Å². The van der Waals surface area contributed by atoms with E-state index in [0.717, 1.165) is 35.7 Å². The number of carboxylic acids is 1. The number of rotatable bonds is 4. The van der Waals surface area contributed by atoms with Crippen LogP contribution in [0.5, 0.6) is 0 Å². The molecule has 0 radical (unpaired) electrons. The lowest BCUT2D eigenvalue weighted by molar-refractivity contribution is -0.134. The van der Waals surface area contributed by atoms with E-state index < -0.39 is 32.9 Å². The van der Waals surface area contributed by atoms with Crippen LogP contribution in [0.1, 0.15) is 56.5 Å². The molecule has 0 aliphatic carbocycles. The van der Waals surface area contributed by atoms with Gasteiger partial charge in [0.1, 0.15) is 6.04 Å². The summed E-state index contributed by atoms with van der Waals surface area (Å²) in [7, 11) is -4.06. The molecule has 0 saturated carbocycles. The third kappa shape index (κ3) is 4.03. The van der Waals surface area contributed by atoms with Crippen molar-refractivity contribution >= 4 is 21.9 Å². The number of carbonyl (C=O) groups excluding carboxylic acids is 1. The highest BCUT2D eigenvalue weighted by molar-refractivity contribution is 7.89. The van der Waals surface area contributed by atoms with Gasteiger partial charge in [0.2, 0.25) is 16.8 Å². The molecule has 1 unspecified atom stereocenters. The zero-order valence-electron chi connectivity index (χ0n) is 15.7. The number of hydrogen-bond acceptors (Lipinski definition) is 5. The summed E-state index contributed by atoms with van der Waals surface area (Å²) in [6.45, 7) is 5.85. The Kier molecular flexibility index (Phi) is 5.36. The fraction of sp³-hybridized carbons (Fsp3) is 0.667. The summed E-state index contributed by atoms with van der Waals surface area (Å²) in [6.07, 6.45) is 3.87. The van der Waals surface area contributed by atoms with E-state index in [2.05, 4.69) is 13.8 Å². The lowest BCUT2D eigenvalue weighted by Gasteiger charge is -2.29. The van der Waals surface area contributed by atoms with Gasteiger partial charge in [-0.15, -0.1) is 0 Å². The number of likely N-dealkylation sites (tertiary alicyclic amines) is 1. The monoisotopic (exact) mass is 398 g/mol. The Labute approximate surface area is 159 Å². The maximum absolute atomic E-state index is 13.1. The summed E-state index contributed by atoms with van der Waals surface area (Å²) in [6, 6.07) is 1.49. The van der Waals surface area contributed by atoms with Gasteiger partial charge in [0.15, 0.2) is 0 Å². The first-order valence-corrected chi connectivity index (χ1v) is 10.7.